The number of rotatable bonds is 1. The summed E-state index contributed by atoms with van der Waals surface area (Å²) >= 11 is 0. The van der Waals surface area contributed by atoms with E-state index in [9.17, 15) is 0 Å². The molecule has 2 heteroatoms. The van der Waals surface area contributed by atoms with Gasteiger partial charge in [0.1, 0.15) is 0 Å². The van der Waals surface area contributed by atoms with Crippen molar-refractivity contribution in [2.75, 3.05) is 17.7 Å². The molecule has 0 fully saturated rings. The molecule has 0 spiro atoms. The van der Waals surface area contributed by atoms with Gasteiger partial charge in [-0.1, -0.05) is 48.5 Å². The normalized spacial score (nSPS) is 15.9. The Labute approximate surface area is 137 Å². The Balaban J connectivity index is 2.01. The molecule has 2 nitrogen and oxygen atoms in total. The molecule has 23 heavy (non-hydrogen) atoms. The molecule has 1 atom stereocenters. The predicted molar refractivity (Wildman–Crippen MR) is 97.7 cm³/mol. The molecule has 1 unspecified atom stereocenters. The highest BCUT2D eigenvalue weighted by Crippen LogP contribution is 2.47. The topological polar surface area (TPSA) is 29.3 Å². The fourth-order valence-electron chi connectivity index (χ4n) is 3.60. The van der Waals surface area contributed by atoms with Gasteiger partial charge in [-0.2, -0.15) is 0 Å². The van der Waals surface area contributed by atoms with E-state index < -0.39 is 0 Å². The highest BCUT2D eigenvalue weighted by Gasteiger charge is 2.29. The zero-order valence-corrected chi connectivity index (χ0v) is 13.5. The Morgan fingerprint density at radius 3 is 2.39 bits per heavy atom. The van der Waals surface area contributed by atoms with Crippen LogP contribution < -0.4 is 10.6 Å². The van der Waals surface area contributed by atoms with Gasteiger partial charge in [-0.05, 0) is 47.4 Å². The van der Waals surface area contributed by atoms with E-state index in [4.69, 9.17) is 5.73 Å². The molecule has 0 saturated heterocycles. The van der Waals surface area contributed by atoms with Gasteiger partial charge < -0.3 is 10.6 Å². The van der Waals surface area contributed by atoms with Crippen LogP contribution in [0.3, 0.4) is 0 Å². The highest BCUT2D eigenvalue weighted by atomic mass is 15.1. The van der Waals surface area contributed by atoms with Crippen LogP contribution in [0.25, 0.3) is 11.1 Å². The molecule has 0 aromatic heterocycles. The molecule has 3 aromatic carbocycles. The second-order valence-electron chi connectivity index (χ2n) is 6.29. The van der Waals surface area contributed by atoms with Crippen molar-refractivity contribution in [3.05, 3.63) is 83.4 Å². The number of nitrogens with zero attached hydrogens (tertiary/aromatic N) is 1. The van der Waals surface area contributed by atoms with E-state index in [0.29, 0.717) is 0 Å². The molecule has 114 valence electrons. The maximum absolute atomic E-state index is 6.09. The third-order valence-electron chi connectivity index (χ3n) is 4.70. The molecular formula is C21H20N2. The van der Waals surface area contributed by atoms with Gasteiger partial charge in [0.2, 0.25) is 0 Å². The minimum absolute atomic E-state index is 0.184. The van der Waals surface area contributed by atoms with E-state index in [1.165, 1.54) is 33.5 Å². The summed E-state index contributed by atoms with van der Waals surface area (Å²) in [7, 11) is 2.17. The van der Waals surface area contributed by atoms with Crippen molar-refractivity contribution in [3.63, 3.8) is 0 Å². The summed E-state index contributed by atoms with van der Waals surface area (Å²) < 4.78 is 0. The van der Waals surface area contributed by atoms with Crippen LogP contribution >= 0.6 is 0 Å². The molecule has 1 heterocycles. The Bertz CT molecular complexity index is 868. The van der Waals surface area contributed by atoms with Gasteiger partial charge in [0.15, 0.2) is 0 Å². The van der Waals surface area contributed by atoms with Gasteiger partial charge >= 0.3 is 0 Å². The fourth-order valence-corrected chi connectivity index (χ4v) is 3.60. The lowest BCUT2D eigenvalue weighted by molar-refractivity contribution is 0.774. The van der Waals surface area contributed by atoms with E-state index in [0.717, 1.165) is 5.69 Å². The second kappa shape index (κ2) is 5.17. The van der Waals surface area contributed by atoms with Crippen molar-refractivity contribution in [3.8, 4) is 11.1 Å². The van der Waals surface area contributed by atoms with Crippen molar-refractivity contribution >= 4 is 11.4 Å². The number of benzene rings is 3. The minimum atomic E-state index is 0.184. The number of hydrogen-bond acceptors (Lipinski definition) is 2. The Hall–Kier alpha value is -2.74. The molecule has 0 aliphatic carbocycles. The smallest absolute Gasteiger partial charge is 0.0799 e. The first-order valence-corrected chi connectivity index (χ1v) is 7.93. The lowest BCUT2D eigenvalue weighted by atomic mass is 9.84. The summed E-state index contributed by atoms with van der Waals surface area (Å²) in [6.45, 7) is 2.14. The standard InChI is InChI=1S/C21H20N2/c1-14-8-10-18-17-11-9-16(22)13-19(17)21(23(2)20(18)12-14)15-6-4-3-5-7-15/h3-13,21H,22H2,1-2H3. The first-order chi connectivity index (χ1) is 11.1. The number of nitrogens with two attached hydrogens (primary N) is 1. The van der Waals surface area contributed by atoms with Gasteiger partial charge in [0.25, 0.3) is 0 Å². The minimum Gasteiger partial charge on any atom is -0.399 e. The summed E-state index contributed by atoms with van der Waals surface area (Å²) in [6, 6.07) is 23.8. The largest absolute Gasteiger partial charge is 0.399 e. The molecule has 0 saturated carbocycles. The number of nitrogen functional groups attached to an aromatic ring is 1. The highest BCUT2D eigenvalue weighted by molar-refractivity contribution is 5.86. The second-order valence-corrected chi connectivity index (χ2v) is 6.29. The van der Waals surface area contributed by atoms with Crippen LogP contribution in [0.15, 0.2) is 66.7 Å². The quantitative estimate of drug-likeness (QED) is 0.655. The summed E-state index contributed by atoms with van der Waals surface area (Å²) in [5.41, 5.74) is 14.6. The van der Waals surface area contributed by atoms with E-state index in [-0.39, 0.29) is 6.04 Å². The molecule has 1 aliphatic rings. The SMILES string of the molecule is Cc1ccc2c(c1)N(C)C(c1ccccc1)c1cc(N)ccc1-2. The lowest BCUT2D eigenvalue weighted by Gasteiger charge is -2.38. The van der Waals surface area contributed by atoms with Gasteiger partial charge in [-0.25, -0.2) is 0 Å². The Morgan fingerprint density at radius 2 is 1.61 bits per heavy atom. The molecule has 4 rings (SSSR count). The maximum atomic E-state index is 6.09. The average Bonchev–Trinajstić information content (AvgIpc) is 2.56. The maximum Gasteiger partial charge on any atom is 0.0799 e. The third-order valence-corrected chi connectivity index (χ3v) is 4.70. The number of aryl methyl sites for hydroxylation is 1. The first kappa shape index (κ1) is 13.9. The average molecular weight is 300 g/mol. The van der Waals surface area contributed by atoms with Crippen LogP contribution in [-0.4, -0.2) is 7.05 Å². The van der Waals surface area contributed by atoms with Crippen LogP contribution in [0.1, 0.15) is 22.7 Å². The van der Waals surface area contributed by atoms with E-state index >= 15 is 0 Å². The van der Waals surface area contributed by atoms with Crippen molar-refractivity contribution in [1.82, 2.24) is 0 Å². The summed E-state index contributed by atoms with van der Waals surface area (Å²) in [5.74, 6) is 0. The van der Waals surface area contributed by atoms with Crippen molar-refractivity contribution in [2.45, 2.75) is 13.0 Å². The van der Waals surface area contributed by atoms with Crippen molar-refractivity contribution in [1.29, 1.82) is 0 Å². The molecule has 2 N–H and O–H groups in total. The lowest BCUT2D eigenvalue weighted by Crippen LogP contribution is -2.29. The van der Waals surface area contributed by atoms with Gasteiger partial charge in [0, 0.05) is 24.0 Å². The molecule has 3 aromatic rings. The summed E-state index contributed by atoms with van der Waals surface area (Å²) in [4.78, 5) is 2.36. The third kappa shape index (κ3) is 2.18. The fraction of sp³-hybridized carbons (Fsp3) is 0.143. The molecule has 0 radical (unpaired) electrons. The van der Waals surface area contributed by atoms with Gasteiger partial charge in [-0.15, -0.1) is 0 Å². The zero-order valence-electron chi connectivity index (χ0n) is 13.5. The van der Waals surface area contributed by atoms with Crippen molar-refractivity contribution < 1.29 is 0 Å². The predicted octanol–water partition coefficient (Wildman–Crippen LogP) is 4.78. The zero-order chi connectivity index (χ0) is 16.0. The van der Waals surface area contributed by atoms with Crippen LogP contribution in [0.5, 0.6) is 0 Å². The molecule has 0 bridgehead atoms. The monoisotopic (exact) mass is 300 g/mol. The van der Waals surface area contributed by atoms with E-state index in [1.54, 1.807) is 0 Å². The summed E-state index contributed by atoms with van der Waals surface area (Å²) in [5, 5.41) is 0. The number of hydrogen-bond donors (Lipinski definition) is 1. The van der Waals surface area contributed by atoms with Crippen molar-refractivity contribution in [2.24, 2.45) is 0 Å². The van der Waals surface area contributed by atoms with Crippen LogP contribution in [-0.2, 0) is 0 Å². The Morgan fingerprint density at radius 1 is 0.870 bits per heavy atom. The number of anilines is 2. The molecule has 0 amide bonds. The molecular weight excluding hydrogens is 280 g/mol. The first-order valence-electron chi connectivity index (χ1n) is 7.93. The summed E-state index contributed by atoms with van der Waals surface area (Å²) in [6.07, 6.45) is 0. The van der Waals surface area contributed by atoms with Crippen LogP contribution in [0.4, 0.5) is 11.4 Å². The molecule has 1 aliphatic heterocycles. The van der Waals surface area contributed by atoms with Crippen LogP contribution in [0.2, 0.25) is 0 Å². The number of fused-ring (bicyclic) bond motifs is 3. The van der Waals surface area contributed by atoms with E-state index in [1.807, 2.05) is 6.07 Å². The Kier molecular flexibility index (Phi) is 3.12. The van der Waals surface area contributed by atoms with E-state index in [2.05, 4.69) is 79.5 Å². The van der Waals surface area contributed by atoms with Gasteiger partial charge in [-0.3, -0.25) is 0 Å². The van der Waals surface area contributed by atoms with Gasteiger partial charge in [0.05, 0.1) is 6.04 Å². The van der Waals surface area contributed by atoms with Crippen LogP contribution in [0, 0.1) is 6.92 Å².